The zero-order chi connectivity index (χ0) is 13.8. The molecule has 2 aromatic rings. The average molecular weight is 260 g/mol. The molecule has 0 aliphatic rings. The van der Waals surface area contributed by atoms with Crippen LogP contribution in [0.2, 0.25) is 0 Å². The number of anilines is 2. The van der Waals surface area contributed by atoms with Crippen molar-refractivity contribution in [1.82, 2.24) is 9.13 Å². The summed E-state index contributed by atoms with van der Waals surface area (Å²) in [4.78, 5) is 23.6. The summed E-state index contributed by atoms with van der Waals surface area (Å²) in [6, 6.07) is 6.99. The summed E-state index contributed by atoms with van der Waals surface area (Å²) in [6.07, 6.45) is 3.26. The molecule has 0 saturated carbocycles. The lowest BCUT2D eigenvalue weighted by Gasteiger charge is -2.07. The second-order valence-corrected chi connectivity index (χ2v) is 4.13. The first-order valence-corrected chi connectivity index (χ1v) is 6.01. The first-order valence-electron chi connectivity index (χ1n) is 6.01. The lowest BCUT2D eigenvalue weighted by Crippen LogP contribution is -2.29. The van der Waals surface area contributed by atoms with E-state index in [0.717, 1.165) is 0 Å². The molecule has 0 atom stereocenters. The van der Waals surface area contributed by atoms with Gasteiger partial charge in [-0.25, -0.2) is 4.79 Å². The van der Waals surface area contributed by atoms with Crippen molar-refractivity contribution in [3.05, 3.63) is 47.1 Å². The molecule has 6 nitrogen and oxygen atoms in total. The third kappa shape index (κ3) is 2.85. The minimum absolute atomic E-state index is 0.0276. The third-order valence-electron chi connectivity index (χ3n) is 2.81. The number of rotatable bonds is 4. The maximum Gasteiger partial charge on any atom is 0.328 e. The highest BCUT2D eigenvalue weighted by Gasteiger charge is 2.08. The summed E-state index contributed by atoms with van der Waals surface area (Å²) in [5, 5.41) is 2.68. The Labute approximate surface area is 110 Å². The molecular formula is C13H16N4O2. The zero-order valence-corrected chi connectivity index (χ0v) is 10.7. The number of nitrogens with one attached hydrogen (secondary N) is 1. The van der Waals surface area contributed by atoms with Crippen LogP contribution in [-0.4, -0.2) is 15.0 Å². The minimum atomic E-state index is -0.283. The van der Waals surface area contributed by atoms with Crippen molar-refractivity contribution in [2.24, 2.45) is 0 Å². The molecule has 0 bridgehead atoms. The molecule has 0 radical (unpaired) electrons. The highest BCUT2D eigenvalue weighted by atomic mass is 16.2. The first kappa shape index (κ1) is 12.9. The number of carbonyl (C=O) groups is 1. The third-order valence-corrected chi connectivity index (χ3v) is 2.81. The fourth-order valence-electron chi connectivity index (χ4n) is 1.77. The fraction of sp³-hybridized carbons (Fsp3) is 0.231. The Morgan fingerprint density at radius 1 is 1.26 bits per heavy atom. The molecule has 0 saturated heterocycles. The maximum atomic E-state index is 11.8. The van der Waals surface area contributed by atoms with E-state index in [2.05, 4.69) is 5.32 Å². The van der Waals surface area contributed by atoms with Gasteiger partial charge in [0.2, 0.25) is 5.91 Å². The van der Waals surface area contributed by atoms with Crippen molar-refractivity contribution >= 4 is 17.3 Å². The van der Waals surface area contributed by atoms with E-state index in [1.807, 2.05) is 6.92 Å². The number of aromatic nitrogens is 2. The summed E-state index contributed by atoms with van der Waals surface area (Å²) in [7, 11) is 0. The standard InChI is InChI=1S/C13H16N4O2/c1-2-16-7-8-17(13(16)19)9-12(18)15-11-6-4-3-5-10(11)14/h3-8H,2,9,14H2,1H3,(H,15,18). The van der Waals surface area contributed by atoms with Gasteiger partial charge in [0.25, 0.3) is 0 Å². The van der Waals surface area contributed by atoms with Gasteiger partial charge < -0.3 is 11.1 Å². The number of nitrogens with zero attached hydrogens (tertiary/aromatic N) is 2. The Kier molecular flexibility index (Phi) is 3.70. The normalized spacial score (nSPS) is 10.4. The predicted octanol–water partition coefficient (Wildman–Crippen LogP) is 0.891. The second kappa shape index (κ2) is 5.43. The van der Waals surface area contributed by atoms with Gasteiger partial charge in [-0.15, -0.1) is 0 Å². The molecule has 19 heavy (non-hydrogen) atoms. The Morgan fingerprint density at radius 2 is 1.95 bits per heavy atom. The van der Waals surface area contributed by atoms with E-state index in [1.165, 1.54) is 9.13 Å². The van der Waals surface area contributed by atoms with Gasteiger partial charge in [0.05, 0.1) is 11.4 Å². The summed E-state index contributed by atoms with van der Waals surface area (Å²) in [5.41, 5.74) is 6.58. The van der Waals surface area contributed by atoms with Crippen LogP contribution in [0.15, 0.2) is 41.5 Å². The van der Waals surface area contributed by atoms with Gasteiger partial charge in [-0.05, 0) is 19.1 Å². The number of amides is 1. The molecule has 1 aromatic carbocycles. The van der Waals surface area contributed by atoms with Crippen molar-refractivity contribution < 1.29 is 4.79 Å². The summed E-state index contributed by atoms with van der Waals surface area (Å²) in [5.74, 6) is -0.283. The van der Waals surface area contributed by atoms with Crippen LogP contribution in [0.5, 0.6) is 0 Å². The predicted molar refractivity (Wildman–Crippen MR) is 73.9 cm³/mol. The van der Waals surface area contributed by atoms with E-state index < -0.39 is 0 Å². The Hall–Kier alpha value is -2.50. The number of carbonyl (C=O) groups excluding carboxylic acids is 1. The maximum absolute atomic E-state index is 11.8. The molecule has 1 heterocycles. The van der Waals surface area contributed by atoms with Crippen LogP contribution in [0.3, 0.4) is 0 Å². The zero-order valence-electron chi connectivity index (χ0n) is 10.7. The highest BCUT2D eigenvalue weighted by molar-refractivity contribution is 5.93. The molecule has 2 rings (SSSR count). The van der Waals surface area contributed by atoms with E-state index in [0.29, 0.717) is 17.9 Å². The second-order valence-electron chi connectivity index (χ2n) is 4.13. The number of imidazole rings is 1. The monoisotopic (exact) mass is 260 g/mol. The van der Waals surface area contributed by atoms with Gasteiger partial charge in [-0.3, -0.25) is 13.9 Å². The van der Waals surface area contributed by atoms with Gasteiger partial charge >= 0.3 is 5.69 Å². The van der Waals surface area contributed by atoms with Crippen LogP contribution < -0.4 is 16.7 Å². The van der Waals surface area contributed by atoms with Gasteiger partial charge in [0.1, 0.15) is 6.54 Å². The van der Waals surface area contributed by atoms with Gasteiger partial charge in [-0.2, -0.15) is 0 Å². The Morgan fingerprint density at radius 3 is 2.58 bits per heavy atom. The molecule has 0 aliphatic heterocycles. The van der Waals surface area contributed by atoms with E-state index in [9.17, 15) is 9.59 Å². The van der Waals surface area contributed by atoms with Crippen LogP contribution in [0, 0.1) is 0 Å². The summed E-state index contributed by atoms with van der Waals surface area (Å²) < 4.78 is 2.89. The summed E-state index contributed by atoms with van der Waals surface area (Å²) >= 11 is 0. The Bertz CT molecular complexity index is 642. The first-order chi connectivity index (χ1) is 9.11. The largest absolute Gasteiger partial charge is 0.397 e. The lowest BCUT2D eigenvalue weighted by atomic mass is 10.2. The molecule has 0 aliphatic carbocycles. The van der Waals surface area contributed by atoms with Gasteiger partial charge in [0.15, 0.2) is 0 Å². The molecule has 1 aromatic heterocycles. The van der Waals surface area contributed by atoms with Crippen molar-refractivity contribution in [2.45, 2.75) is 20.0 Å². The van der Waals surface area contributed by atoms with Gasteiger partial charge in [0, 0.05) is 18.9 Å². The quantitative estimate of drug-likeness (QED) is 0.801. The number of aryl methyl sites for hydroxylation is 1. The smallest absolute Gasteiger partial charge is 0.328 e. The fourth-order valence-corrected chi connectivity index (χ4v) is 1.77. The number of para-hydroxylation sites is 2. The molecule has 0 spiro atoms. The van der Waals surface area contributed by atoms with Crippen LogP contribution >= 0.6 is 0 Å². The number of hydrogen-bond acceptors (Lipinski definition) is 3. The number of nitrogens with two attached hydrogens (primary N) is 1. The highest BCUT2D eigenvalue weighted by Crippen LogP contribution is 2.16. The number of benzene rings is 1. The Balaban J connectivity index is 2.08. The van der Waals surface area contributed by atoms with Crippen LogP contribution in [0.4, 0.5) is 11.4 Å². The van der Waals surface area contributed by atoms with Crippen LogP contribution in [0.1, 0.15) is 6.92 Å². The van der Waals surface area contributed by atoms with E-state index >= 15 is 0 Å². The number of hydrogen-bond donors (Lipinski definition) is 2. The van der Waals surface area contributed by atoms with E-state index in [1.54, 1.807) is 36.7 Å². The van der Waals surface area contributed by atoms with E-state index in [-0.39, 0.29) is 18.1 Å². The minimum Gasteiger partial charge on any atom is -0.397 e. The van der Waals surface area contributed by atoms with Gasteiger partial charge in [-0.1, -0.05) is 12.1 Å². The molecular weight excluding hydrogens is 244 g/mol. The summed E-state index contributed by atoms with van der Waals surface area (Å²) in [6.45, 7) is 2.43. The lowest BCUT2D eigenvalue weighted by molar-refractivity contribution is -0.116. The average Bonchev–Trinajstić information content (AvgIpc) is 2.73. The van der Waals surface area contributed by atoms with Crippen LogP contribution in [0.25, 0.3) is 0 Å². The van der Waals surface area contributed by atoms with Crippen molar-refractivity contribution in [1.29, 1.82) is 0 Å². The molecule has 100 valence electrons. The van der Waals surface area contributed by atoms with Crippen molar-refractivity contribution in [3.8, 4) is 0 Å². The molecule has 0 unspecified atom stereocenters. The molecule has 1 amide bonds. The SMILES string of the molecule is CCn1ccn(CC(=O)Nc2ccccc2N)c1=O. The van der Waals surface area contributed by atoms with Crippen LogP contribution in [-0.2, 0) is 17.9 Å². The van der Waals surface area contributed by atoms with Crippen molar-refractivity contribution in [3.63, 3.8) is 0 Å². The number of nitrogen functional groups attached to an aromatic ring is 1. The molecule has 3 N–H and O–H groups in total. The van der Waals surface area contributed by atoms with Crippen molar-refractivity contribution in [2.75, 3.05) is 11.1 Å². The van der Waals surface area contributed by atoms with E-state index in [4.69, 9.17) is 5.73 Å². The topological polar surface area (TPSA) is 82.1 Å². The molecule has 0 fully saturated rings. The molecule has 6 heteroatoms.